The highest BCUT2D eigenvalue weighted by Gasteiger charge is 2.22. The molecule has 8 nitrogen and oxygen atoms in total. The van der Waals surface area contributed by atoms with Crippen LogP contribution in [0.2, 0.25) is 0 Å². The summed E-state index contributed by atoms with van der Waals surface area (Å²) >= 11 is 0. The summed E-state index contributed by atoms with van der Waals surface area (Å²) in [5, 5.41) is 11.3. The SMILES string of the molecule is CCOC(=O)CC[C@H](NC(=O)c1cncnc1)C(=O)O. The van der Waals surface area contributed by atoms with Gasteiger partial charge in [-0.05, 0) is 13.3 Å². The molecule has 1 atom stereocenters. The minimum Gasteiger partial charge on any atom is -0.480 e. The first-order chi connectivity index (χ1) is 9.54. The van der Waals surface area contributed by atoms with Crippen LogP contribution in [0.15, 0.2) is 18.7 Å². The van der Waals surface area contributed by atoms with Crippen LogP contribution in [0.4, 0.5) is 0 Å². The van der Waals surface area contributed by atoms with Crippen molar-refractivity contribution in [3.05, 3.63) is 24.3 Å². The number of nitrogens with zero attached hydrogens (tertiary/aromatic N) is 2. The fourth-order valence-corrected chi connectivity index (χ4v) is 1.41. The summed E-state index contributed by atoms with van der Waals surface area (Å²) in [7, 11) is 0. The van der Waals surface area contributed by atoms with E-state index in [9.17, 15) is 14.4 Å². The zero-order valence-electron chi connectivity index (χ0n) is 10.9. The lowest BCUT2D eigenvalue weighted by Crippen LogP contribution is -2.41. The number of rotatable bonds is 7. The molecule has 2 N–H and O–H groups in total. The monoisotopic (exact) mass is 281 g/mol. The molecule has 1 heterocycles. The van der Waals surface area contributed by atoms with Crippen LogP contribution < -0.4 is 5.32 Å². The first-order valence-electron chi connectivity index (χ1n) is 5.99. The van der Waals surface area contributed by atoms with Gasteiger partial charge >= 0.3 is 11.9 Å². The Kier molecular flexibility index (Phi) is 6.08. The van der Waals surface area contributed by atoms with Gasteiger partial charge in [-0.1, -0.05) is 0 Å². The maximum Gasteiger partial charge on any atom is 0.326 e. The molecular weight excluding hydrogens is 266 g/mol. The van der Waals surface area contributed by atoms with Crippen molar-refractivity contribution in [3.63, 3.8) is 0 Å². The number of nitrogens with one attached hydrogen (secondary N) is 1. The molecule has 108 valence electrons. The van der Waals surface area contributed by atoms with Crippen LogP contribution in [0.5, 0.6) is 0 Å². The zero-order valence-corrected chi connectivity index (χ0v) is 10.9. The van der Waals surface area contributed by atoms with Crippen LogP contribution in [-0.4, -0.2) is 45.6 Å². The summed E-state index contributed by atoms with van der Waals surface area (Å²) < 4.78 is 4.70. The number of hydrogen-bond acceptors (Lipinski definition) is 6. The average molecular weight is 281 g/mol. The summed E-state index contributed by atoms with van der Waals surface area (Å²) in [6.45, 7) is 1.88. The maximum absolute atomic E-state index is 11.8. The molecule has 1 aromatic rings. The van der Waals surface area contributed by atoms with Gasteiger partial charge in [0.2, 0.25) is 0 Å². The minimum atomic E-state index is -1.22. The number of carboxylic acid groups (broad SMARTS) is 1. The average Bonchev–Trinajstić information content (AvgIpc) is 2.44. The predicted octanol–water partition coefficient (Wildman–Crippen LogP) is 0.00290. The van der Waals surface area contributed by atoms with Gasteiger partial charge in [-0.3, -0.25) is 9.59 Å². The molecule has 0 aliphatic rings. The largest absolute Gasteiger partial charge is 0.480 e. The van der Waals surface area contributed by atoms with Crippen molar-refractivity contribution in [2.45, 2.75) is 25.8 Å². The van der Waals surface area contributed by atoms with Gasteiger partial charge in [-0.15, -0.1) is 0 Å². The lowest BCUT2D eigenvalue weighted by molar-refractivity contribution is -0.144. The van der Waals surface area contributed by atoms with Gasteiger partial charge in [0.1, 0.15) is 12.4 Å². The summed E-state index contributed by atoms with van der Waals surface area (Å²) in [5.41, 5.74) is 0.148. The van der Waals surface area contributed by atoms with Gasteiger partial charge in [0.05, 0.1) is 12.2 Å². The van der Waals surface area contributed by atoms with Crippen molar-refractivity contribution in [1.82, 2.24) is 15.3 Å². The molecule has 8 heteroatoms. The molecule has 0 fully saturated rings. The van der Waals surface area contributed by atoms with E-state index >= 15 is 0 Å². The third-order valence-corrected chi connectivity index (χ3v) is 2.37. The molecule has 1 rings (SSSR count). The normalized spacial score (nSPS) is 11.4. The second-order valence-corrected chi connectivity index (χ2v) is 3.84. The van der Waals surface area contributed by atoms with E-state index in [2.05, 4.69) is 15.3 Å². The third kappa shape index (κ3) is 5.01. The lowest BCUT2D eigenvalue weighted by Gasteiger charge is -2.13. The molecule has 0 spiro atoms. The summed E-state index contributed by atoms with van der Waals surface area (Å²) in [6, 6.07) is -1.17. The number of aliphatic carboxylic acids is 1. The molecule has 1 aromatic heterocycles. The lowest BCUT2D eigenvalue weighted by atomic mass is 10.1. The Morgan fingerprint density at radius 2 is 2.00 bits per heavy atom. The van der Waals surface area contributed by atoms with Crippen LogP contribution in [0.1, 0.15) is 30.1 Å². The Morgan fingerprint density at radius 3 is 2.55 bits per heavy atom. The van der Waals surface area contributed by atoms with Gasteiger partial charge in [0.15, 0.2) is 0 Å². The number of aromatic nitrogens is 2. The first kappa shape index (κ1) is 15.5. The van der Waals surface area contributed by atoms with Crippen LogP contribution in [0.3, 0.4) is 0 Å². The molecule has 0 bridgehead atoms. The number of amides is 1. The number of carboxylic acids is 1. The van der Waals surface area contributed by atoms with Crippen LogP contribution in [-0.2, 0) is 14.3 Å². The van der Waals surface area contributed by atoms with E-state index in [1.807, 2.05) is 0 Å². The van der Waals surface area contributed by atoms with Crippen molar-refractivity contribution in [3.8, 4) is 0 Å². The Morgan fingerprint density at radius 1 is 1.35 bits per heavy atom. The number of carbonyl (C=O) groups is 3. The van der Waals surface area contributed by atoms with E-state index in [0.29, 0.717) is 0 Å². The van der Waals surface area contributed by atoms with Crippen molar-refractivity contribution in [2.75, 3.05) is 6.61 Å². The molecule has 0 unspecified atom stereocenters. The van der Waals surface area contributed by atoms with E-state index in [0.717, 1.165) is 0 Å². The second kappa shape index (κ2) is 7.82. The smallest absolute Gasteiger partial charge is 0.326 e. The fraction of sp³-hybridized carbons (Fsp3) is 0.417. The fourth-order valence-electron chi connectivity index (χ4n) is 1.41. The van der Waals surface area contributed by atoms with Crippen LogP contribution in [0.25, 0.3) is 0 Å². The molecule has 0 aliphatic carbocycles. The highest BCUT2D eigenvalue weighted by atomic mass is 16.5. The zero-order chi connectivity index (χ0) is 15.0. The molecule has 1 amide bonds. The second-order valence-electron chi connectivity index (χ2n) is 3.84. The quantitative estimate of drug-likeness (QED) is 0.675. The van der Waals surface area contributed by atoms with Crippen LogP contribution >= 0.6 is 0 Å². The van der Waals surface area contributed by atoms with Gasteiger partial charge in [0.25, 0.3) is 5.91 Å². The van der Waals surface area contributed by atoms with Gasteiger partial charge < -0.3 is 15.2 Å². The van der Waals surface area contributed by atoms with Gasteiger partial charge in [-0.25, -0.2) is 14.8 Å². The topological polar surface area (TPSA) is 118 Å². The summed E-state index contributed by atoms with van der Waals surface area (Å²) in [6.07, 6.45) is 3.66. The van der Waals surface area contributed by atoms with E-state index in [4.69, 9.17) is 9.84 Å². The van der Waals surface area contributed by atoms with Crippen molar-refractivity contribution >= 4 is 17.8 Å². The molecular formula is C12H15N3O5. The maximum atomic E-state index is 11.8. The summed E-state index contributed by atoms with van der Waals surface area (Å²) in [5.74, 6) is -2.34. The highest BCUT2D eigenvalue weighted by molar-refractivity contribution is 5.96. The Bertz CT molecular complexity index is 477. The standard InChI is InChI=1S/C12H15N3O5/c1-2-20-10(16)4-3-9(12(18)19)15-11(17)8-5-13-7-14-6-8/h5-7,9H,2-4H2,1H3,(H,15,17)(H,18,19)/t9-/m0/s1. The first-order valence-corrected chi connectivity index (χ1v) is 5.99. The van der Waals surface area contributed by atoms with Gasteiger partial charge in [0, 0.05) is 18.8 Å². The van der Waals surface area contributed by atoms with Crippen LogP contribution in [0, 0.1) is 0 Å². The van der Waals surface area contributed by atoms with E-state index in [1.165, 1.54) is 18.7 Å². The predicted molar refractivity (Wildman–Crippen MR) is 66.8 cm³/mol. The van der Waals surface area contributed by atoms with E-state index in [1.54, 1.807) is 6.92 Å². The van der Waals surface area contributed by atoms with Crippen molar-refractivity contribution in [1.29, 1.82) is 0 Å². The minimum absolute atomic E-state index is 0.0480. The molecule has 0 radical (unpaired) electrons. The molecule has 0 saturated carbocycles. The van der Waals surface area contributed by atoms with E-state index in [-0.39, 0.29) is 25.0 Å². The van der Waals surface area contributed by atoms with Crippen molar-refractivity contribution < 1.29 is 24.2 Å². The Labute approximate surface area is 115 Å². The number of hydrogen-bond donors (Lipinski definition) is 2. The number of esters is 1. The van der Waals surface area contributed by atoms with E-state index < -0.39 is 23.9 Å². The Hall–Kier alpha value is -2.51. The highest BCUT2D eigenvalue weighted by Crippen LogP contribution is 2.02. The number of carbonyl (C=O) groups excluding carboxylic acids is 2. The number of ether oxygens (including phenoxy) is 1. The summed E-state index contributed by atoms with van der Waals surface area (Å²) in [4.78, 5) is 41.3. The molecule has 20 heavy (non-hydrogen) atoms. The molecule has 0 saturated heterocycles. The Balaban J connectivity index is 2.57. The van der Waals surface area contributed by atoms with Gasteiger partial charge in [-0.2, -0.15) is 0 Å². The third-order valence-electron chi connectivity index (χ3n) is 2.37. The molecule has 0 aliphatic heterocycles. The molecule has 0 aromatic carbocycles. The van der Waals surface area contributed by atoms with Crippen molar-refractivity contribution in [2.24, 2.45) is 0 Å².